The molecule has 0 saturated carbocycles. The van der Waals surface area contributed by atoms with Crippen LogP contribution < -0.4 is 0 Å². The molecule has 1 atom stereocenters. The minimum atomic E-state index is -2.54. The van der Waals surface area contributed by atoms with Crippen LogP contribution in [0.3, 0.4) is 0 Å². The third-order valence-electron chi connectivity index (χ3n) is 3.58. The van der Waals surface area contributed by atoms with Crippen molar-refractivity contribution < 1.29 is 13.3 Å². The van der Waals surface area contributed by atoms with Gasteiger partial charge in [-0.05, 0) is 18.4 Å². The molecule has 0 N–H and O–H groups in total. The molecule has 4 heteroatoms. The Hall–Kier alpha value is -0.943. The third-order valence-corrected chi connectivity index (χ3v) is 6.47. The van der Waals surface area contributed by atoms with Gasteiger partial charge in [0.25, 0.3) is 0 Å². The van der Waals surface area contributed by atoms with Gasteiger partial charge in [0.2, 0.25) is 0 Å². The molecule has 98 valence electrons. The summed E-state index contributed by atoms with van der Waals surface area (Å²) in [6.45, 7) is 3.95. The second-order valence-electron chi connectivity index (χ2n) is 4.51. The van der Waals surface area contributed by atoms with Gasteiger partial charge in [0.15, 0.2) is 0 Å². The van der Waals surface area contributed by atoms with Gasteiger partial charge in [0.1, 0.15) is 5.60 Å². The molecule has 3 nitrogen and oxygen atoms in total. The van der Waals surface area contributed by atoms with Gasteiger partial charge in [-0.15, -0.1) is 0 Å². The second kappa shape index (κ2) is 5.36. The van der Waals surface area contributed by atoms with Crippen LogP contribution in [0.2, 0.25) is 6.04 Å². The third kappa shape index (κ3) is 2.29. The molecule has 1 aliphatic heterocycles. The summed E-state index contributed by atoms with van der Waals surface area (Å²) >= 11 is 0. The van der Waals surface area contributed by atoms with E-state index < -0.39 is 14.4 Å². The zero-order valence-corrected chi connectivity index (χ0v) is 12.0. The standard InChI is InChI=1S/C14H20O3Si/c1-4-14(13-9-6-5-7-10-13)11-8-12-18(15-2,16-3)17-14/h4-7,9-10H,1,8,11-12H2,2-3H3. The molecule has 1 aliphatic rings. The number of rotatable bonds is 4. The van der Waals surface area contributed by atoms with Crippen LogP contribution >= 0.6 is 0 Å². The fourth-order valence-electron chi connectivity index (χ4n) is 2.50. The van der Waals surface area contributed by atoms with Crippen molar-refractivity contribution in [1.82, 2.24) is 0 Å². The lowest BCUT2D eigenvalue weighted by Gasteiger charge is -2.43. The molecular weight excluding hydrogens is 244 g/mol. The molecular formula is C14H20O3Si. The summed E-state index contributed by atoms with van der Waals surface area (Å²) in [5.74, 6) is 0. The fraction of sp³-hybridized carbons (Fsp3) is 0.429. The van der Waals surface area contributed by atoms with Crippen molar-refractivity contribution in [3.8, 4) is 0 Å². The SMILES string of the molecule is C=CC1(c2ccccc2)CCC[Si](OC)(OC)O1. The van der Waals surface area contributed by atoms with Crippen molar-refractivity contribution in [2.75, 3.05) is 14.2 Å². The molecule has 0 amide bonds. The highest BCUT2D eigenvalue weighted by Crippen LogP contribution is 2.42. The summed E-state index contributed by atoms with van der Waals surface area (Å²) < 4.78 is 17.4. The van der Waals surface area contributed by atoms with Gasteiger partial charge in [0, 0.05) is 20.3 Å². The molecule has 2 rings (SSSR count). The highest BCUT2D eigenvalue weighted by atomic mass is 28.4. The summed E-state index contributed by atoms with van der Waals surface area (Å²) in [7, 11) is 0.792. The zero-order valence-electron chi connectivity index (χ0n) is 11.0. The van der Waals surface area contributed by atoms with E-state index in [1.165, 1.54) is 0 Å². The summed E-state index contributed by atoms with van der Waals surface area (Å²) in [5, 5.41) is 0. The topological polar surface area (TPSA) is 27.7 Å². The van der Waals surface area contributed by atoms with Gasteiger partial charge in [-0.3, -0.25) is 0 Å². The van der Waals surface area contributed by atoms with E-state index in [-0.39, 0.29) is 0 Å². The summed E-state index contributed by atoms with van der Waals surface area (Å²) in [6.07, 6.45) is 3.82. The van der Waals surface area contributed by atoms with E-state index in [1.54, 1.807) is 14.2 Å². The van der Waals surface area contributed by atoms with Crippen LogP contribution in [0.25, 0.3) is 0 Å². The second-order valence-corrected chi connectivity index (χ2v) is 7.39. The monoisotopic (exact) mass is 264 g/mol. The largest absolute Gasteiger partial charge is 0.501 e. The lowest BCUT2D eigenvalue weighted by atomic mass is 9.89. The number of benzene rings is 1. The first kappa shape index (κ1) is 13.5. The van der Waals surface area contributed by atoms with E-state index in [9.17, 15) is 0 Å². The Morgan fingerprint density at radius 1 is 1.28 bits per heavy atom. The first-order valence-corrected chi connectivity index (χ1v) is 8.13. The van der Waals surface area contributed by atoms with Gasteiger partial charge in [-0.1, -0.05) is 43.0 Å². The molecule has 1 unspecified atom stereocenters. The zero-order chi connectivity index (χ0) is 13.1. The normalized spacial score (nSPS) is 26.8. The van der Waals surface area contributed by atoms with Crippen LogP contribution in [-0.2, 0) is 18.9 Å². The molecule has 1 fully saturated rings. The fourth-order valence-corrected chi connectivity index (χ4v) is 4.81. The maximum Gasteiger partial charge on any atom is 0.501 e. The molecule has 0 spiro atoms. The van der Waals surface area contributed by atoms with E-state index in [0.717, 1.165) is 24.4 Å². The van der Waals surface area contributed by atoms with E-state index in [0.29, 0.717) is 0 Å². The maximum absolute atomic E-state index is 6.27. The van der Waals surface area contributed by atoms with Crippen molar-refractivity contribution in [2.45, 2.75) is 24.5 Å². The number of hydrogen-bond donors (Lipinski definition) is 0. The van der Waals surface area contributed by atoms with Crippen LogP contribution in [0, 0.1) is 0 Å². The Morgan fingerprint density at radius 3 is 2.50 bits per heavy atom. The molecule has 1 saturated heterocycles. The Balaban J connectivity index is 2.36. The molecule has 1 aromatic carbocycles. The number of hydrogen-bond acceptors (Lipinski definition) is 3. The van der Waals surface area contributed by atoms with E-state index in [1.807, 2.05) is 24.3 Å². The lowest BCUT2D eigenvalue weighted by Crippen LogP contribution is -2.53. The van der Waals surface area contributed by atoms with Gasteiger partial charge in [-0.2, -0.15) is 0 Å². The molecule has 0 radical (unpaired) electrons. The Bertz CT molecular complexity index is 403. The van der Waals surface area contributed by atoms with Crippen molar-refractivity contribution >= 4 is 8.80 Å². The maximum atomic E-state index is 6.27. The average molecular weight is 264 g/mol. The van der Waals surface area contributed by atoms with Crippen molar-refractivity contribution in [3.63, 3.8) is 0 Å². The van der Waals surface area contributed by atoms with Crippen LogP contribution in [0.4, 0.5) is 0 Å². The molecule has 0 aromatic heterocycles. The average Bonchev–Trinajstić information content (AvgIpc) is 2.48. The highest BCUT2D eigenvalue weighted by Gasteiger charge is 2.50. The minimum Gasteiger partial charge on any atom is -0.377 e. The van der Waals surface area contributed by atoms with Crippen LogP contribution in [0.5, 0.6) is 0 Å². The van der Waals surface area contributed by atoms with E-state index in [2.05, 4.69) is 18.7 Å². The van der Waals surface area contributed by atoms with E-state index in [4.69, 9.17) is 13.3 Å². The summed E-state index contributed by atoms with van der Waals surface area (Å²) in [5.41, 5.74) is 0.642. The van der Waals surface area contributed by atoms with Gasteiger partial charge >= 0.3 is 8.80 Å². The molecule has 1 aromatic rings. The minimum absolute atomic E-state index is 0.474. The van der Waals surface area contributed by atoms with Gasteiger partial charge in [-0.25, -0.2) is 0 Å². The van der Waals surface area contributed by atoms with E-state index >= 15 is 0 Å². The first-order valence-electron chi connectivity index (χ1n) is 6.20. The van der Waals surface area contributed by atoms with Crippen LogP contribution in [0.15, 0.2) is 43.0 Å². The Morgan fingerprint density at radius 2 is 1.94 bits per heavy atom. The van der Waals surface area contributed by atoms with Gasteiger partial charge in [0.05, 0.1) is 0 Å². The molecule has 0 bridgehead atoms. The van der Waals surface area contributed by atoms with Crippen molar-refractivity contribution in [2.24, 2.45) is 0 Å². The van der Waals surface area contributed by atoms with Gasteiger partial charge < -0.3 is 13.3 Å². The predicted octanol–water partition coefficient (Wildman–Crippen LogP) is 3.11. The summed E-state index contributed by atoms with van der Waals surface area (Å²) in [4.78, 5) is 0. The Kier molecular flexibility index (Phi) is 4.02. The highest BCUT2D eigenvalue weighted by molar-refractivity contribution is 6.60. The van der Waals surface area contributed by atoms with Crippen LogP contribution in [0.1, 0.15) is 18.4 Å². The molecule has 1 heterocycles. The smallest absolute Gasteiger partial charge is 0.377 e. The van der Waals surface area contributed by atoms with Crippen molar-refractivity contribution in [1.29, 1.82) is 0 Å². The first-order chi connectivity index (χ1) is 8.70. The quantitative estimate of drug-likeness (QED) is 0.618. The lowest BCUT2D eigenvalue weighted by molar-refractivity contribution is -0.0137. The van der Waals surface area contributed by atoms with Crippen molar-refractivity contribution in [3.05, 3.63) is 48.6 Å². The summed E-state index contributed by atoms with van der Waals surface area (Å²) in [6, 6.07) is 11.0. The molecule has 0 aliphatic carbocycles. The predicted molar refractivity (Wildman–Crippen MR) is 73.2 cm³/mol. The molecule has 18 heavy (non-hydrogen) atoms. The Labute approximate surface area is 110 Å². The van der Waals surface area contributed by atoms with Crippen LogP contribution in [-0.4, -0.2) is 23.0 Å².